The van der Waals surface area contributed by atoms with Crippen molar-refractivity contribution in [1.29, 1.82) is 0 Å². The third-order valence-corrected chi connectivity index (χ3v) is 7.98. The molecule has 0 spiro atoms. The van der Waals surface area contributed by atoms with E-state index in [1.807, 2.05) is 72.8 Å². The molecule has 4 aromatic rings. The zero-order valence-electron chi connectivity index (χ0n) is 20.6. The molecule has 2 unspecified atom stereocenters. The van der Waals surface area contributed by atoms with Crippen LogP contribution in [0, 0.1) is 0 Å². The third-order valence-electron chi connectivity index (χ3n) is 7.35. The predicted octanol–water partition coefficient (Wildman–Crippen LogP) is 7.78. The van der Waals surface area contributed by atoms with Crippen LogP contribution in [0.15, 0.2) is 84.9 Å². The Balaban J connectivity index is 1.82. The van der Waals surface area contributed by atoms with Crippen molar-refractivity contribution in [3.63, 3.8) is 0 Å². The van der Waals surface area contributed by atoms with Crippen LogP contribution < -0.4 is 0 Å². The lowest BCUT2D eigenvalue weighted by Gasteiger charge is -2.46. The van der Waals surface area contributed by atoms with Gasteiger partial charge in [-0.3, -0.25) is 0 Å². The minimum absolute atomic E-state index is 0.388. The van der Waals surface area contributed by atoms with Crippen LogP contribution in [0.4, 0.5) is 0 Å². The van der Waals surface area contributed by atoms with Crippen LogP contribution in [0.2, 0.25) is 10.0 Å². The minimum Gasteiger partial charge on any atom is -0.376 e. The second-order valence-corrected chi connectivity index (χ2v) is 10.5. The highest BCUT2D eigenvalue weighted by molar-refractivity contribution is 6.32. The van der Waals surface area contributed by atoms with Crippen LogP contribution in [0.25, 0.3) is 0 Å². The quantitative estimate of drug-likeness (QED) is 0.274. The van der Waals surface area contributed by atoms with E-state index in [0.29, 0.717) is 43.4 Å². The van der Waals surface area contributed by atoms with Gasteiger partial charge in [0.15, 0.2) is 0 Å². The van der Waals surface area contributed by atoms with Crippen LogP contribution in [0.3, 0.4) is 0 Å². The number of fused-ring (bicyclic) bond motifs is 2. The van der Waals surface area contributed by atoms with Gasteiger partial charge in [0, 0.05) is 32.3 Å². The SMILES string of the molecule is CCCc1ccc(C2(O)c3cccc(Cl)c3C(O)(c3ccc(CCC)cc3)c3cccc(Cl)c32)cc1. The van der Waals surface area contributed by atoms with Gasteiger partial charge in [-0.05, 0) is 47.2 Å². The van der Waals surface area contributed by atoms with Crippen molar-refractivity contribution in [3.05, 3.63) is 139 Å². The molecule has 2 atom stereocenters. The average Bonchev–Trinajstić information content (AvgIpc) is 2.88. The molecule has 0 saturated heterocycles. The monoisotopic (exact) mass is 516 g/mol. The number of hydrogen-bond donors (Lipinski definition) is 2. The summed E-state index contributed by atoms with van der Waals surface area (Å²) in [5.41, 5.74) is 2.60. The summed E-state index contributed by atoms with van der Waals surface area (Å²) in [4.78, 5) is 0. The summed E-state index contributed by atoms with van der Waals surface area (Å²) >= 11 is 13.7. The fraction of sp³-hybridized carbons (Fsp3) is 0.250. The Morgan fingerprint density at radius 3 is 1.25 bits per heavy atom. The highest BCUT2D eigenvalue weighted by Gasteiger charge is 2.52. The third kappa shape index (κ3) is 3.79. The van der Waals surface area contributed by atoms with E-state index in [2.05, 4.69) is 13.8 Å². The molecule has 0 saturated carbocycles. The molecule has 36 heavy (non-hydrogen) atoms. The number of aryl methyl sites for hydroxylation is 2. The number of benzene rings is 4. The van der Waals surface area contributed by atoms with Gasteiger partial charge in [-0.25, -0.2) is 0 Å². The molecule has 0 aliphatic heterocycles. The number of hydrogen-bond acceptors (Lipinski definition) is 2. The number of rotatable bonds is 6. The van der Waals surface area contributed by atoms with Crippen molar-refractivity contribution in [2.24, 2.45) is 0 Å². The molecule has 2 N–H and O–H groups in total. The van der Waals surface area contributed by atoms with E-state index in [-0.39, 0.29) is 0 Å². The summed E-state index contributed by atoms with van der Waals surface area (Å²) in [6, 6.07) is 26.8. The first-order valence-corrected chi connectivity index (χ1v) is 13.3. The van der Waals surface area contributed by atoms with Crippen LogP contribution in [0.1, 0.15) is 71.2 Å². The molecule has 0 amide bonds. The number of halogens is 2. The van der Waals surface area contributed by atoms with Gasteiger partial charge in [-0.2, -0.15) is 0 Å². The second-order valence-electron chi connectivity index (χ2n) is 9.64. The first kappa shape index (κ1) is 25.0. The summed E-state index contributed by atoms with van der Waals surface area (Å²) in [7, 11) is 0. The minimum atomic E-state index is -1.59. The summed E-state index contributed by atoms with van der Waals surface area (Å²) in [5.74, 6) is 0. The van der Waals surface area contributed by atoms with E-state index >= 15 is 0 Å². The zero-order valence-corrected chi connectivity index (χ0v) is 22.1. The summed E-state index contributed by atoms with van der Waals surface area (Å²) < 4.78 is 0. The lowest BCUT2D eigenvalue weighted by Crippen LogP contribution is -2.44. The Kier molecular flexibility index (Phi) is 6.74. The van der Waals surface area contributed by atoms with Gasteiger partial charge in [0.2, 0.25) is 0 Å². The molecule has 1 aliphatic rings. The topological polar surface area (TPSA) is 40.5 Å². The molecule has 2 nitrogen and oxygen atoms in total. The lowest BCUT2D eigenvalue weighted by molar-refractivity contribution is 0.0749. The maximum absolute atomic E-state index is 12.6. The van der Waals surface area contributed by atoms with Gasteiger partial charge >= 0.3 is 0 Å². The molecular formula is C32H30Cl2O2. The molecule has 0 heterocycles. The van der Waals surface area contributed by atoms with Gasteiger partial charge in [-0.1, -0.05) is 123 Å². The molecule has 0 aromatic heterocycles. The van der Waals surface area contributed by atoms with Crippen molar-refractivity contribution in [1.82, 2.24) is 0 Å². The molecule has 1 aliphatic carbocycles. The first-order chi connectivity index (χ1) is 17.3. The highest BCUT2D eigenvalue weighted by atomic mass is 35.5. The van der Waals surface area contributed by atoms with Crippen molar-refractivity contribution in [2.45, 2.75) is 50.7 Å². The van der Waals surface area contributed by atoms with Crippen LogP contribution in [-0.2, 0) is 24.0 Å². The Morgan fingerprint density at radius 2 is 0.917 bits per heavy atom. The first-order valence-electron chi connectivity index (χ1n) is 12.6. The molecule has 184 valence electrons. The smallest absolute Gasteiger partial charge is 0.142 e. The maximum atomic E-state index is 12.6. The molecule has 4 aromatic carbocycles. The molecule has 4 heteroatoms. The second kappa shape index (κ2) is 9.68. The fourth-order valence-corrected chi connectivity index (χ4v) is 6.28. The van der Waals surface area contributed by atoms with Gasteiger partial charge in [-0.15, -0.1) is 0 Å². The van der Waals surface area contributed by atoms with E-state index in [9.17, 15) is 10.2 Å². The van der Waals surface area contributed by atoms with Gasteiger partial charge in [0.05, 0.1) is 0 Å². The van der Waals surface area contributed by atoms with E-state index in [1.54, 1.807) is 12.1 Å². The summed E-state index contributed by atoms with van der Waals surface area (Å²) in [6.45, 7) is 4.29. The van der Waals surface area contributed by atoms with E-state index in [0.717, 1.165) is 25.7 Å². The maximum Gasteiger partial charge on any atom is 0.142 e. The largest absolute Gasteiger partial charge is 0.376 e. The van der Waals surface area contributed by atoms with Crippen LogP contribution in [-0.4, -0.2) is 10.2 Å². The Bertz CT molecular complexity index is 1290. The predicted molar refractivity (Wildman–Crippen MR) is 148 cm³/mol. The lowest BCUT2D eigenvalue weighted by atomic mass is 9.63. The Labute approximate surface area is 223 Å². The van der Waals surface area contributed by atoms with Crippen molar-refractivity contribution in [3.8, 4) is 0 Å². The highest BCUT2D eigenvalue weighted by Crippen LogP contribution is 2.56. The fourth-order valence-electron chi connectivity index (χ4n) is 5.66. The Hall–Kier alpha value is -2.62. The van der Waals surface area contributed by atoms with Gasteiger partial charge in [0.1, 0.15) is 11.2 Å². The average molecular weight is 517 g/mol. The van der Waals surface area contributed by atoms with E-state index < -0.39 is 11.2 Å². The van der Waals surface area contributed by atoms with Gasteiger partial charge < -0.3 is 10.2 Å². The van der Waals surface area contributed by atoms with E-state index in [4.69, 9.17) is 23.2 Å². The van der Waals surface area contributed by atoms with Crippen LogP contribution in [0.5, 0.6) is 0 Å². The van der Waals surface area contributed by atoms with Crippen molar-refractivity contribution >= 4 is 23.2 Å². The zero-order chi connectivity index (χ0) is 25.5. The molecule has 0 bridgehead atoms. The van der Waals surface area contributed by atoms with Crippen LogP contribution >= 0.6 is 23.2 Å². The summed E-state index contributed by atoms with van der Waals surface area (Å²) in [6.07, 6.45) is 4.01. The number of aliphatic hydroxyl groups is 2. The normalized spacial score (nSPS) is 20.6. The molecule has 0 radical (unpaired) electrons. The molecule has 5 rings (SSSR count). The molecule has 0 fully saturated rings. The molecular weight excluding hydrogens is 487 g/mol. The Morgan fingerprint density at radius 1 is 0.556 bits per heavy atom. The van der Waals surface area contributed by atoms with Crippen molar-refractivity contribution in [2.75, 3.05) is 0 Å². The van der Waals surface area contributed by atoms with E-state index in [1.165, 1.54) is 11.1 Å². The van der Waals surface area contributed by atoms with Crippen molar-refractivity contribution < 1.29 is 10.2 Å². The van der Waals surface area contributed by atoms with Gasteiger partial charge in [0.25, 0.3) is 0 Å². The standard InChI is InChI=1S/C32H30Cl2O2/c1-3-7-21-13-17-23(18-14-21)31(35)25-9-5-12-28(34)30(25)32(36,26-10-6-11-27(33)29(26)31)24-19-15-22(8-4-2)16-20-24/h5-6,9-20,35-36H,3-4,7-8H2,1-2H3. The summed E-state index contributed by atoms with van der Waals surface area (Å²) in [5, 5.41) is 26.0.